The van der Waals surface area contributed by atoms with Crippen LogP contribution in [0.15, 0.2) is 48.5 Å². The number of nitrogens with zero attached hydrogens (tertiary/aromatic N) is 1. The Labute approximate surface area is 379 Å². The van der Waals surface area contributed by atoms with Gasteiger partial charge in [-0.25, -0.2) is 0 Å². The molecule has 2 aromatic rings. The van der Waals surface area contributed by atoms with Gasteiger partial charge in [0.25, 0.3) is 0 Å². The van der Waals surface area contributed by atoms with Crippen LogP contribution in [0.5, 0.6) is 0 Å². The number of hydrogen-bond donors (Lipinski definition) is 6. The zero-order valence-corrected chi connectivity index (χ0v) is 37.9. The molecule has 3 aliphatic heterocycles. The molecule has 6 N–H and O–H groups in total. The first-order valence-corrected chi connectivity index (χ1v) is 21.6. The van der Waals surface area contributed by atoms with Gasteiger partial charge < -0.3 is 31.3 Å². The van der Waals surface area contributed by atoms with Crippen LogP contribution in [0.2, 0.25) is 0 Å². The Kier molecular flexibility index (Phi) is 13.5. The highest BCUT2D eigenvalue weighted by Crippen LogP contribution is 3.11. The van der Waals surface area contributed by atoms with Crippen LogP contribution in [0.3, 0.4) is 0 Å². The highest BCUT2D eigenvalue weighted by atomic mass is 35.5. The van der Waals surface area contributed by atoms with Crippen molar-refractivity contribution >= 4 is 67.5 Å². The summed E-state index contributed by atoms with van der Waals surface area (Å²) in [6, 6.07) is 17.2. The van der Waals surface area contributed by atoms with E-state index in [-0.39, 0.29) is 84.1 Å². The first-order valence-electron chi connectivity index (χ1n) is 21.6. The van der Waals surface area contributed by atoms with Gasteiger partial charge in [0.2, 0.25) is 0 Å². The summed E-state index contributed by atoms with van der Waals surface area (Å²) in [7, 11) is 0. The van der Waals surface area contributed by atoms with Crippen molar-refractivity contribution in [3.05, 3.63) is 70.8 Å². The third-order valence-corrected chi connectivity index (χ3v) is 17.9. The van der Waals surface area contributed by atoms with Gasteiger partial charge in [-0.05, 0) is 178 Å². The van der Waals surface area contributed by atoms with Crippen molar-refractivity contribution in [3.63, 3.8) is 0 Å². The summed E-state index contributed by atoms with van der Waals surface area (Å²) < 4.78 is 0. The maximum atomic E-state index is 12.7. The second kappa shape index (κ2) is 17.1. The smallest absolute Gasteiger partial charge is 0.310 e. The summed E-state index contributed by atoms with van der Waals surface area (Å²) in [5.74, 6) is 2.53. The Morgan fingerprint density at radius 1 is 0.683 bits per heavy atom. The Hall–Kier alpha value is -2.15. The second-order valence-corrected chi connectivity index (χ2v) is 20.3. The van der Waals surface area contributed by atoms with Crippen LogP contribution in [0, 0.1) is 80.8 Å². The predicted octanol–water partition coefficient (Wildman–Crippen LogP) is 6.30. The molecule has 6 unspecified atom stereocenters. The molecule has 9 aliphatic rings. The fourth-order valence-electron chi connectivity index (χ4n) is 15.5. The Balaban J connectivity index is 0.00000151. The highest BCUT2D eigenvalue weighted by Gasteiger charge is 3.09. The number of benzene rings is 2. The van der Waals surface area contributed by atoms with Crippen LogP contribution in [0.1, 0.15) is 61.8 Å². The van der Waals surface area contributed by atoms with E-state index in [1.807, 2.05) is 13.8 Å². The maximum absolute atomic E-state index is 12.7. The Bertz CT molecular complexity index is 1830. The van der Waals surface area contributed by atoms with E-state index in [2.05, 4.69) is 69.4 Å². The van der Waals surface area contributed by atoms with Crippen molar-refractivity contribution in [2.75, 3.05) is 45.8 Å². The lowest BCUT2D eigenvalue weighted by atomic mass is 8.91. The van der Waals surface area contributed by atoms with E-state index in [4.69, 9.17) is 0 Å². The van der Waals surface area contributed by atoms with Crippen LogP contribution >= 0.6 is 49.6 Å². The van der Waals surface area contributed by atoms with E-state index < -0.39 is 28.7 Å². The topological polar surface area (TPSA) is 151 Å². The number of aliphatic carboxylic acids is 3. The van der Waals surface area contributed by atoms with Gasteiger partial charge in [-0.2, -0.15) is 0 Å². The molecule has 0 aromatic heterocycles. The molecule has 10 atom stereocenters. The maximum Gasteiger partial charge on any atom is 0.310 e. The summed E-state index contributed by atoms with van der Waals surface area (Å²) in [6.45, 7) is 11.3. The van der Waals surface area contributed by atoms with E-state index in [0.29, 0.717) is 24.7 Å². The van der Waals surface area contributed by atoms with Crippen LogP contribution in [-0.4, -0.2) is 83.9 Å². The average molecular weight is 911 g/mol. The monoisotopic (exact) mass is 908 g/mol. The lowest BCUT2D eigenvalue weighted by Gasteiger charge is -3.12. The van der Waals surface area contributed by atoms with E-state index >= 15 is 0 Å². The third kappa shape index (κ3) is 6.66. The largest absolute Gasteiger partial charge is 0.481 e. The quantitative estimate of drug-likeness (QED) is 0.101. The number of carbonyl (C=O) groups is 3. The molecule has 9 fully saturated rings. The fraction of sp³-hybridized carbons (Fsp3) is 0.674. The van der Waals surface area contributed by atoms with Crippen molar-refractivity contribution in [1.82, 2.24) is 20.9 Å². The van der Waals surface area contributed by atoms with E-state index in [9.17, 15) is 29.7 Å². The number of hydrogen-bond acceptors (Lipinski definition) is 7. The van der Waals surface area contributed by atoms with Crippen LogP contribution in [0.25, 0.3) is 0 Å². The molecule has 3 saturated heterocycles. The molecular formula is C46H64Cl4N4O6. The lowest BCUT2D eigenvalue weighted by Crippen LogP contribution is -3.10. The minimum atomic E-state index is -0.840. The summed E-state index contributed by atoms with van der Waals surface area (Å²) in [4.78, 5) is 40.7. The van der Waals surface area contributed by atoms with Crippen molar-refractivity contribution in [3.8, 4) is 0 Å². The first-order chi connectivity index (χ1) is 26.9. The van der Waals surface area contributed by atoms with Gasteiger partial charge >= 0.3 is 17.9 Å². The summed E-state index contributed by atoms with van der Waals surface area (Å²) in [5, 5.41) is 41.4. The third-order valence-electron chi connectivity index (χ3n) is 17.9. The van der Waals surface area contributed by atoms with Gasteiger partial charge in [0.15, 0.2) is 0 Å². The molecule has 0 radical (unpaired) electrons. The normalized spacial score (nSPS) is 36.6. The van der Waals surface area contributed by atoms with E-state index in [1.54, 1.807) is 0 Å². The predicted molar refractivity (Wildman–Crippen MR) is 239 cm³/mol. The van der Waals surface area contributed by atoms with Crippen molar-refractivity contribution in [1.29, 1.82) is 0 Å². The van der Waals surface area contributed by atoms with Crippen molar-refractivity contribution in [2.24, 2.45) is 80.8 Å². The molecule has 60 heavy (non-hydrogen) atoms. The molecule has 11 rings (SSSR count). The molecule has 3 heterocycles. The zero-order valence-electron chi connectivity index (χ0n) is 34.6. The molecule has 14 heteroatoms. The van der Waals surface area contributed by atoms with Gasteiger partial charge in [0, 0.05) is 19.6 Å². The van der Waals surface area contributed by atoms with Crippen molar-refractivity contribution < 1.29 is 29.7 Å². The molecule has 6 aliphatic carbocycles. The molecular weight excluding hydrogens is 846 g/mol. The minimum Gasteiger partial charge on any atom is -0.481 e. The molecule has 10 nitrogen and oxygen atoms in total. The number of nitrogens with one attached hydrogen (secondary N) is 3. The number of rotatable bonds is 18. The highest BCUT2D eigenvalue weighted by molar-refractivity contribution is 5.86. The Morgan fingerprint density at radius 3 is 1.55 bits per heavy atom. The summed E-state index contributed by atoms with van der Waals surface area (Å²) in [5.41, 5.74) is 3.35. The van der Waals surface area contributed by atoms with Gasteiger partial charge in [-0.1, -0.05) is 48.5 Å². The van der Waals surface area contributed by atoms with Gasteiger partial charge in [0.1, 0.15) is 0 Å². The zero-order chi connectivity index (χ0) is 38.8. The fourth-order valence-corrected chi connectivity index (χ4v) is 15.5. The number of halogens is 4. The van der Waals surface area contributed by atoms with Crippen LogP contribution in [0.4, 0.5) is 0 Å². The number of carboxylic acids is 3. The lowest BCUT2D eigenvalue weighted by molar-refractivity contribution is -0.661. The minimum absolute atomic E-state index is 0. The summed E-state index contributed by atoms with van der Waals surface area (Å²) in [6.07, 6.45) is 4.56. The Morgan fingerprint density at radius 2 is 1.13 bits per heavy atom. The van der Waals surface area contributed by atoms with E-state index in [1.165, 1.54) is 11.1 Å². The van der Waals surface area contributed by atoms with Gasteiger partial charge in [-0.15, -0.1) is 49.6 Å². The molecule has 0 bridgehead atoms. The molecule has 0 spiro atoms. The molecule has 2 aromatic carbocycles. The summed E-state index contributed by atoms with van der Waals surface area (Å²) >= 11 is 0. The average Bonchev–Trinajstić information content (AvgIpc) is 3.99. The molecule has 0 amide bonds. The standard InChI is InChI=1S/C46H60N4O6.4ClH/c1-43(41(53)54,31-10-13-48-21-31)17-26-5-3-7-28(15-26)23-50(24-29-8-4-6-27(16-29)18-44(2,42(55)56)32-11-14-49-22-32)25-46-37-34-36-35(37)39(46)45(36,38(34)46)19-33(40(51)52)30-9-12-47-20-30;;;;/h3-8,15-16,30-39,47-49H,9-14,17-25H2,1-2H3,(H,51,52)(H,53,54)(H,55,56);4*1H/t30-,31-,32-,33+,34?,35?,36?,37?,38?,39?,43?,44?,45?,46?;;;;/m0..../s1. The number of carboxylic acid groups (broad SMARTS) is 3. The van der Waals surface area contributed by atoms with E-state index in [0.717, 1.165) is 119 Å². The van der Waals surface area contributed by atoms with Crippen molar-refractivity contribution in [2.45, 2.75) is 65.5 Å². The van der Waals surface area contributed by atoms with Gasteiger partial charge in [-0.3, -0.25) is 19.3 Å². The van der Waals surface area contributed by atoms with Gasteiger partial charge in [0.05, 0.1) is 16.7 Å². The van der Waals surface area contributed by atoms with Crippen LogP contribution < -0.4 is 16.0 Å². The van der Waals surface area contributed by atoms with Crippen LogP contribution in [-0.2, 0) is 40.3 Å². The molecule has 332 valence electrons. The molecule has 6 saturated carbocycles. The first kappa shape index (κ1) is 47.3. The second-order valence-electron chi connectivity index (χ2n) is 20.3. The SMILES string of the molecule is CC(Cc1cccc(CN(Cc2cccc(CC(C)(C(=O)O)[C@H]3CCNC3)c2)CC23C4C5C6C4C2C6(C[C@@H](C(=O)O)[C@H]2CCNC2)C53)c1)(C(=O)O)[C@H]1CCNC1.Cl.Cl.Cl.Cl.